The Labute approximate surface area is 198 Å². The van der Waals surface area contributed by atoms with Crippen molar-refractivity contribution in [2.45, 2.75) is 46.1 Å². The SMILES string of the molecule is C=C/C(C)=C(\C=C1/NC=C1C)Cc1cncc(Cc2ccc(CN3C=CCCC3=C)cc2)c1. The Morgan fingerprint density at radius 1 is 1.12 bits per heavy atom. The van der Waals surface area contributed by atoms with Crippen LogP contribution in [0, 0.1) is 0 Å². The number of nitrogens with zero attached hydrogens (tertiary/aromatic N) is 2. The molecule has 2 aliphatic rings. The molecule has 0 aliphatic carbocycles. The van der Waals surface area contributed by atoms with Crippen LogP contribution in [-0.4, -0.2) is 9.88 Å². The van der Waals surface area contributed by atoms with Crippen LogP contribution in [0.15, 0.2) is 115 Å². The highest BCUT2D eigenvalue weighted by atomic mass is 15.1. The Balaban J connectivity index is 1.43. The van der Waals surface area contributed by atoms with Crippen LogP contribution in [0.1, 0.15) is 48.9 Å². The molecule has 3 heteroatoms. The maximum Gasteiger partial charge on any atom is 0.0472 e. The Morgan fingerprint density at radius 2 is 1.88 bits per heavy atom. The molecule has 1 N–H and O–H groups in total. The zero-order valence-electron chi connectivity index (χ0n) is 19.8. The minimum absolute atomic E-state index is 0.837. The van der Waals surface area contributed by atoms with Crippen LogP contribution in [0.25, 0.3) is 0 Å². The van der Waals surface area contributed by atoms with E-state index in [1.165, 1.54) is 50.4 Å². The first kappa shape index (κ1) is 22.6. The molecular formula is C30H33N3. The molecule has 3 nitrogen and oxygen atoms in total. The Hall–Kier alpha value is -3.59. The molecule has 0 saturated heterocycles. The van der Waals surface area contributed by atoms with Crippen molar-refractivity contribution in [3.63, 3.8) is 0 Å². The van der Waals surface area contributed by atoms with Crippen molar-refractivity contribution in [2.24, 2.45) is 0 Å². The second-order valence-electron chi connectivity index (χ2n) is 8.93. The lowest BCUT2D eigenvalue weighted by molar-refractivity contribution is 0.427. The van der Waals surface area contributed by atoms with Crippen molar-refractivity contribution >= 4 is 0 Å². The van der Waals surface area contributed by atoms with E-state index in [1.54, 1.807) is 0 Å². The van der Waals surface area contributed by atoms with Gasteiger partial charge in [0.2, 0.25) is 0 Å². The monoisotopic (exact) mass is 435 g/mol. The molecule has 2 aliphatic heterocycles. The second-order valence-corrected chi connectivity index (χ2v) is 8.93. The van der Waals surface area contributed by atoms with Crippen LogP contribution in [0.2, 0.25) is 0 Å². The summed E-state index contributed by atoms with van der Waals surface area (Å²) < 4.78 is 0. The van der Waals surface area contributed by atoms with Crippen molar-refractivity contribution in [3.8, 4) is 0 Å². The van der Waals surface area contributed by atoms with E-state index in [4.69, 9.17) is 0 Å². The van der Waals surface area contributed by atoms with E-state index in [9.17, 15) is 0 Å². The maximum absolute atomic E-state index is 4.53. The number of hydrogen-bond acceptors (Lipinski definition) is 3. The summed E-state index contributed by atoms with van der Waals surface area (Å²) in [6.07, 6.45) is 18.4. The van der Waals surface area contributed by atoms with Gasteiger partial charge in [0.25, 0.3) is 0 Å². The summed E-state index contributed by atoms with van der Waals surface area (Å²) >= 11 is 0. The van der Waals surface area contributed by atoms with Gasteiger partial charge in [0.15, 0.2) is 0 Å². The van der Waals surface area contributed by atoms with Gasteiger partial charge < -0.3 is 10.2 Å². The molecule has 33 heavy (non-hydrogen) atoms. The smallest absolute Gasteiger partial charge is 0.0472 e. The molecule has 4 rings (SSSR count). The van der Waals surface area contributed by atoms with Gasteiger partial charge >= 0.3 is 0 Å². The molecule has 0 unspecified atom stereocenters. The van der Waals surface area contributed by atoms with E-state index < -0.39 is 0 Å². The van der Waals surface area contributed by atoms with Crippen molar-refractivity contribution < 1.29 is 0 Å². The van der Waals surface area contributed by atoms with E-state index in [0.717, 1.165) is 32.2 Å². The fourth-order valence-electron chi connectivity index (χ4n) is 4.08. The lowest BCUT2D eigenvalue weighted by Crippen LogP contribution is -2.17. The molecule has 0 radical (unpaired) electrons. The number of pyridine rings is 1. The average molecular weight is 436 g/mol. The quantitative estimate of drug-likeness (QED) is 0.466. The highest BCUT2D eigenvalue weighted by Crippen LogP contribution is 2.23. The zero-order chi connectivity index (χ0) is 23.2. The van der Waals surface area contributed by atoms with Crippen LogP contribution in [0.4, 0.5) is 0 Å². The molecule has 3 heterocycles. The molecule has 0 atom stereocenters. The van der Waals surface area contributed by atoms with E-state index in [1.807, 2.05) is 24.7 Å². The molecule has 0 fully saturated rings. The molecule has 0 saturated carbocycles. The van der Waals surface area contributed by atoms with Gasteiger partial charge in [-0.1, -0.05) is 55.6 Å². The van der Waals surface area contributed by atoms with E-state index in [2.05, 4.69) is 90.9 Å². The summed E-state index contributed by atoms with van der Waals surface area (Å²) in [5.41, 5.74) is 11.1. The highest BCUT2D eigenvalue weighted by Gasteiger charge is 2.11. The molecule has 1 aromatic carbocycles. The van der Waals surface area contributed by atoms with Gasteiger partial charge in [0.1, 0.15) is 0 Å². The second kappa shape index (κ2) is 10.4. The van der Waals surface area contributed by atoms with E-state index in [0.29, 0.717) is 0 Å². The van der Waals surface area contributed by atoms with Gasteiger partial charge in [-0.05, 0) is 84.6 Å². The van der Waals surface area contributed by atoms with Crippen molar-refractivity contribution in [1.82, 2.24) is 15.2 Å². The minimum atomic E-state index is 0.837. The molecule has 0 bridgehead atoms. The average Bonchev–Trinajstić information content (AvgIpc) is 2.83. The highest BCUT2D eigenvalue weighted by molar-refractivity contribution is 5.46. The number of benzene rings is 1. The third-order valence-electron chi connectivity index (χ3n) is 6.32. The number of nitrogens with one attached hydrogen (secondary N) is 1. The van der Waals surface area contributed by atoms with Gasteiger partial charge in [-0.25, -0.2) is 0 Å². The number of rotatable bonds is 8. The molecule has 1 aromatic heterocycles. The molecule has 168 valence electrons. The third kappa shape index (κ3) is 5.81. The summed E-state index contributed by atoms with van der Waals surface area (Å²) in [5, 5.41) is 3.27. The topological polar surface area (TPSA) is 28.2 Å². The Morgan fingerprint density at radius 3 is 2.55 bits per heavy atom. The fraction of sp³-hybridized carbons (Fsp3) is 0.233. The summed E-state index contributed by atoms with van der Waals surface area (Å²) in [6.45, 7) is 13.3. The summed E-state index contributed by atoms with van der Waals surface area (Å²) in [5.74, 6) is 0. The molecular weight excluding hydrogens is 402 g/mol. The van der Waals surface area contributed by atoms with Gasteiger partial charge in [-0.15, -0.1) is 0 Å². The summed E-state index contributed by atoms with van der Waals surface area (Å²) in [7, 11) is 0. The first-order chi connectivity index (χ1) is 16.0. The number of allylic oxidation sites excluding steroid dienone is 7. The Bertz CT molecular complexity index is 1160. The van der Waals surface area contributed by atoms with Crippen molar-refractivity contribution in [3.05, 3.63) is 137 Å². The van der Waals surface area contributed by atoms with Gasteiger partial charge in [-0.3, -0.25) is 4.98 Å². The molecule has 0 spiro atoms. The van der Waals surface area contributed by atoms with Crippen LogP contribution in [0.3, 0.4) is 0 Å². The normalized spacial score (nSPS) is 17.3. The lowest BCUT2D eigenvalue weighted by Gasteiger charge is -2.26. The first-order valence-corrected chi connectivity index (χ1v) is 11.6. The molecule has 0 amide bonds. The minimum Gasteiger partial charge on any atom is -0.361 e. The van der Waals surface area contributed by atoms with Gasteiger partial charge in [0, 0.05) is 42.7 Å². The summed E-state index contributed by atoms with van der Waals surface area (Å²) in [6, 6.07) is 11.2. The van der Waals surface area contributed by atoms with E-state index in [-0.39, 0.29) is 0 Å². The van der Waals surface area contributed by atoms with Crippen LogP contribution < -0.4 is 5.32 Å². The largest absolute Gasteiger partial charge is 0.361 e. The van der Waals surface area contributed by atoms with Crippen LogP contribution >= 0.6 is 0 Å². The third-order valence-corrected chi connectivity index (χ3v) is 6.32. The predicted octanol–water partition coefficient (Wildman–Crippen LogP) is 6.73. The summed E-state index contributed by atoms with van der Waals surface area (Å²) in [4.78, 5) is 6.77. The maximum atomic E-state index is 4.53. The van der Waals surface area contributed by atoms with Crippen molar-refractivity contribution in [2.75, 3.05) is 0 Å². The van der Waals surface area contributed by atoms with Gasteiger partial charge in [-0.2, -0.15) is 0 Å². The standard InChI is InChI=1S/C30H33N3/c1-5-22(2)29(17-30-23(3)18-32-30)16-28-15-27(19-31-20-28)14-25-9-11-26(12-10-25)21-33-13-7-6-8-24(33)4/h5,7,9-13,15,17-20,32H,1,4,6,8,14,16,21H2,2-3H3/b29-22-,30-17-. The molecule has 2 aromatic rings. The number of hydrogen-bond donors (Lipinski definition) is 1. The van der Waals surface area contributed by atoms with Gasteiger partial charge in [0.05, 0.1) is 0 Å². The van der Waals surface area contributed by atoms with Crippen molar-refractivity contribution in [1.29, 1.82) is 0 Å². The fourth-order valence-corrected chi connectivity index (χ4v) is 4.08. The predicted molar refractivity (Wildman–Crippen MR) is 138 cm³/mol. The zero-order valence-corrected chi connectivity index (χ0v) is 19.8. The van der Waals surface area contributed by atoms with Crippen LogP contribution in [-0.2, 0) is 19.4 Å². The lowest BCUT2D eigenvalue weighted by atomic mass is 9.96. The number of aromatic nitrogens is 1. The Kier molecular flexibility index (Phi) is 7.09. The van der Waals surface area contributed by atoms with E-state index >= 15 is 0 Å². The van der Waals surface area contributed by atoms with Crippen LogP contribution in [0.5, 0.6) is 0 Å². The first-order valence-electron chi connectivity index (χ1n) is 11.6.